The minimum absolute atomic E-state index is 0.262. The molecule has 0 amide bonds. The molecule has 3 rings (SSSR count). The molecule has 1 aliphatic rings. The molecule has 1 aliphatic carbocycles. The number of ether oxygens (including phenoxy) is 1. The summed E-state index contributed by atoms with van der Waals surface area (Å²) < 4.78 is 6.18. The average molecular weight is 283 g/mol. The summed E-state index contributed by atoms with van der Waals surface area (Å²) in [5, 5.41) is 6.05. The summed E-state index contributed by atoms with van der Waals surface area (Å²) in [5.41, 5.74) is 1.34. The van der Waals surface area contributed by atoms with E-state index in [4.69, 9.17) is 4.74 Å². The molecule has 0 aliphatic heterocycles. The zero-order valence-electron chi connectivity index (χ0n) is 12.8. The maximum Gasteiger partial charge on any atom is 0.0665 e. The van der Waals surface area contributed by atoms with Gasteiger partial charge in [0.1, 0.15) is 0 Å². The van der Waals surface area contributed by atoms with Crippen molar-refractivity contribution in [3.8, 4) is 0 Å². The van der Waals surface area contributed by atoms with Crippen molar-refractivity contribution < 1.29 is 4.74 Å². The Morgan fingerprint density at radius 2 is 1.81 bits per heavy atom. The van der Waals surface area contributed by atoms with Crippen molar-refractivity contribution >= 4 is 10.8 Å². The van der Waals surface area contributed by atoms with Crippen LogP contribution in [0.2, 0.25) is 0 Å². The van der Waals surface area contributed by atoms with Crippen LogP contribution in [0.25, 0.3) is 10.8 Å². The van der Waals surface area contributed by atoms with E-state index in [1.165, 1.54) is 48.4 Å². The molecule has 0 spiro atoms. The lowest BCUT2D eigenvalue weighted by molar-refractivity contribution is 0.0167. The summed E-state index contributed by atoms with van der Waals surface area (Å²) in [6, 6.07) is 15.4. The van der Waals surface area contributed by atoms with E-state index in [2.05, 4.69) is 47.8 Å². The molecule has 0 aromatic heterocycles. The lowest BCUT2D eigenvalue weighted by Gasteiger charge is -2.25. The van der Waals surface area contributed by atoms with Gasteiger partial charge in [0.15, 0.2) is 0 Å². The quantitative estimate of drug-likeness (QED) is 0.875. The van der Waals surface area contributed by atoms with E-state index in [1.54, 1.807) is 0 Å². The highest BCUT2D eigenvalue weighted by Crippen LogP contribution is 2.26. The summed E-state index contributed by atoms with van der Waals surface area (Å²) >= 11 is 0. The van der Waals surface area contributed by atoms with Crippen LogP contribution < -0.4 is 5.32 Å². The number of benzene rings is 2. The van der Waals surface area contributed by atoms with E-state index in [-0.39, 0.29) is 6.04 Å². The molecule has 2 heteroatoms. The van der Waals surface area contributed by atoms with Crippen molar-refractivity contribution in [2.75, 3.05) is 13.7 Å². The van der Waals surface area contributed by atoms with Crippen molar-refractivity contribution in [3.63, 3.8) is 0 Å². The van der Waals surface area contributed by atoms with E-state index in [0.717, 1.165) is 6.61 Å². The molecule has 112 valence electrons. The third-order valence-corrected chi connectivity index (χ3v) is 4.60. The highest BCUT2D eigenvalue weighted by molar-refractivity contribution is 5.86. The van der Waals surface area contributed by atoms with Gasteiger partial charge >= 0.3 is 0 Å². The van der Waals surface area contributed by atoms with Gasteiger partial charge in [-0.3, -0.25) is 0 Å². The van der Waals surface area contributed by atoms with Crippen LogP contribution in [0.4, 0.5) is 0 Å². The van der Waals surface area contributed by atoms with Crippen molar-refractivity contribution in [2.45, 2.75) is 44.2 Å². The molecule has 1 fully saturated rings. The summed E-state index contributed by atoms with van der Waals surface area (Å²) in [4.78, 5) is 0. The van der Waals surface area contributed by atoms with Gasteiger partial charge in [-0.1, -0.05) is 61.7 Å². The maximum absolute atomic E-state index is 6.18. The Kier molecular flexibility index (Phi) is 4.89. The summed E-state index contributed by atoms with van der Waals surface area (Å²) in [6.07, 6.45) is 6.94. The molecule has 1 N–H and O–H groups in total. The van der Waals surface area contributed by atoms with Gasteiger partial charge in [0, 0.05) is 0 Å². The Labute approximate surface area is 127 Å². The third-order valence-electron chi connectivity index (χ3n) is 4.60. The maximum atomic E-state index is 6.18. The fourth-order valence-corrected chi connectivity index (χ4v) is 3.35. The van der Waals surface area contributed by atoms with Gasteiger partial charge in [-0.25, -0.2) is 0 Å². The molecule has 21 heavy (non-hydrogen) atoms. The minimum Gasteiger partial charge on any atom is -0.376 e. The van der Waals surface area contributed by atoms with Gasteiger partial charge in [-0.05, 0) is 36.2 Å². The second-order valence-corrected chi connectivity index (χ2v) is 6.00. The smallest absolute Gasteiger partial charge is 0.0665 e. The van der Waals surface area contributed by atoms with E-state index >= 15 is 0 Å². The van der Waals surface area contributed by atoms with Crippen LogP contribution in [0, 0.1) is 0 Å². The van der Waals surface area contributed by atoms with Crippen LogP contribution in [0.5, 0.6) is 0 Å². The first-order valence-electron chi connectivity index (χ1n) is 8.15. The first-order chi connectivity index (χ1) is 10.4. The van der Waals surface area contributed by atoms with Gasteiger partial charge < -0.3 is 10.1 Å². The van der Waals surface area contributed by atoms with Crippen LogP contribution in [0.1, 0.15) is 43.7 Å². The standard InChI is InChI=1S/C19H25NO/c1-20-19(14-21-16-10-3-2-4-11-16)18-13-7-9-15-8-5-6-12-17(15)18/h5-9,12-13,16,19-20H,2-4,10-11,14H2,1H3. The Morgan fingerprint density at radius 1 is 1.05 bits per heavy atom. The molecule has 0 saturated heterocycles. The number of rotatable bonds is 5. The predicted molar refractivity (Wildman–Crippen MR) is 88.6 cm³/mol. The summed E-state index contributed by atoms with van der Waals surface area (Å²) in [5.74, 6) is 0. The molecule has 0 bridgehead atoms. The fourth-order valence-electron chi connectivity index (χ4n) is 3.35. The van der Waals surface area contributed by atoms with E-state index in [0.29, 0.717) is 6.10 Å². The Morgan fingerprint density at radius 3 is 2.62 bits per heavy atom. The van der Waals surface area contributed by atoms with E-state index in [1.807, 2.05) is 7.05 Å². The molecule has 2 aromatic rings. The van der Waals surface area contributed by atoms with Gasteiger partial charge in [0.2, 0.25) is 0 Å². The van der Waals surface area contributed by atoms with E-state index in [9.17, 15) is 0 Å². The van der Waals surface area contributed by atoms with Crippen molar-refractivity contribution in [3.05, 3.63) is 48.0 Å². The Hall–Kier alpha value is -1.38. The van der Waals surface area contributed by atoms with Crippen molar-refractivity contribution in [1.82, 2.24) is 5.32 Å². The SMILES string of the molecule is CNC(COC1CCCCC1)c1cccc2ccccc12. The lowest BCUT2D eigenvalue weighted by Crippen LogP contribution is -2.26. The zero-order valence-corrected chi connectivity index (χ0v) is 12.8. The van der Waals surface area contributed by atoms with Crippen LogP contribution >= 0.6 is 0 Å². The molecule has 0 heterocycles. The van der Waals surface area contributed by atoms with Crippen molar-refractivity contribution in [1.29, 1.82) is 0 Å². The number of hydrogen-bond donors (Lipinski definition) is 1. The Bertz CT molecular complexity index is 569. The van der Waals surface area contributed by atoms with Gasteiger partial charge in [0.05, 0.1) is 18.8 Å². The highest BCUT2D eigenvalue weighted by atomic mass is 16.5. The van der Waals surface area contributed by atoms with Gasteiger partial charge in [-0.15, -0.1) is 0 Å². The molecule has 2 nitrogen and oxygen atoms in total. The fraction of sp³-hybridized carbons (Fsp3) is 0.474. The normalized spacial score (nSPS) is 18.0. The molecule has 1 saturated carbocycles. The Balaban J connectivity index is 1.75. The van der Waals surface area contributed by atoms with Crippen LogP contribution in [-0.4, -0.2) is 19.8 Å². The minimum atomic E-state index is 0.262. The van der Waals surface area contributed by atoms with Gasteiger partial charge in [-0.2, -0.15) is 0 Å². The number of hydrogen-bond acceptors (Lipinski definition) is 2. The molecular formula is C19H25NO. The molecular weight excluding hydrogens is 258 g/mol. The third kappa shape index (κ3) is 3.45. The summed E-state index contributed by atoms with van der Waals surface area (Å²) in [6.45, 7) is 0.759. The highest BCUT2D eigenvalue weighted by Gasteiger charge is 2.18. The first-order valence-corrected chi connectivity index (χ1v) is 8.15. The summed E-state index contributed by atoms with van der Waals surface area (Å²) in [7, 11) is 2.02. The topological polar surface area (TPSA) is 21.3 Å². The number of fused-ring (bicyclic) bond motifs is 1. The first kappa shape index (κ1) is 14.6. The number of nitrogens with one attached hydrogen (secondary N) is 1. The molecule has 1 unspecified atom stereocenters. The van der Waals surface area contributed by atoms with Crippen LogP contribution in [0.3, 0.4) is 0 Å². The second kappa shape index (κ2) is 7.06. The molecule has 1 atom stereocenters. The van der Waals surface area contributed by atoms with Crippen LogP contribution in [-0.2, 0) is 4.74 Å². The zero-order chi connectivity index (χ0) is 14.5. The predicted octanol–water partition coefficient (Wildman–Crippen LogP) is 4.45. The van der Waals surface area contributed by atoms with Crippen LogP contribution in [0.15, 0.2) is 42.5 Å². The monoisotopic (exact) mass is 283 g/mol. The number of likely N-dealkylation sites (N-methyl/N-ethyl adjacent to an activating group) is 1. The van der Waals surface area contributed by atoms with Gasteiger partial charge in [0.25, 0.3) is 0 Å². The largest absolute Gasteiger partial charge is 0.376 e. The van der Waals surface area contributed by atoms with Crippen molar-refractivity contribution in [2.24, 2.45) is 0 Å². The van der Waals surface area contributed by atoms with E-state index < -0.39 is 0 Å². The molecule has 2 aromatic carbocycles. The average Bonchev–Trinajstić information content (AvgIpc) is 2.56. The lowest BCUT2D eigenvalue weighted by atomic mass is 9.97. The second-order valence-electron chi connectivity index (χ2n) is 6.00. The molecule has 0 radical (unpaired) electrons.